The van der Waals surface area contributed by atoms with Crippen molar-refractivity contribution in [2.45, 2.75) is 19.4 Å². The highest BCUT2D eigenvalue weighted by molar-refractivity contribution is 7.22. The number of nitrogens with zero attached hydrogens (tertiary/aromatic N) is 1. The van der Waals surface area contributed by atoms with Gasteiger partial charge in [0.2, 0.25) is 5.91 Å². The molecule has 2 aromatic rings. The molecular formula is C12H15N3O2S. The number of rotatable bonds is 3. The van der Waals surface area contributed by atoms with E-state index >= 15 is 0 Å². The molecule has 2 rings (SSSR count). The maximum atomic E-state index is 11.8. The van der Waals surface area contributed by atoms with Crippen molar-refractivity contribution in [2.24, 2.45) is 5.73 Å². The number of nitrogens with two attached hydrogens (primary N) is 1. The van der Waals surface area contributed by atoms with Crippen molar-refractivity contribution in [1.82, 2.24) is 4.98 Å². The quantitative estimate of drug-likeness (QED) is 0.889. The lowest BCUT2D eigenvalue weighted by atomic mass is 10.1. The van der Waals surface area contributed by atoms with Gasteiger partial charge in [-0.1, -0.05) is 17.4 Å². The van der Waals surface area contributed by atoms with Crippen molar-refractivity contribution < 1.29 is 9.53 Å². The minimum atomic E-state index is -0.929. The SMILES string of the molecule is COc1cccc2sc(NC(=O)C(C)(C)N)nc12. The van der Waals surface area contributed by atoms with Crippen LogP contribution in [0.4, 0.5) is 5.13 Å². The summed E-state index contributed by atoms with van der Waals surface area (Å²) in [5, 5.41) is 3.24. The molecule has 0 aliphatic heterocycles. The molecule has 6 heteroatoms. The van der Waals surface area contributed by atoms with E-state index in [-0.39, 0.29) is 5.91 Å². The Morgan fingerprint density at radius 2 is 2.22 bits per heavy atom. The third-order valence-corrected chi connectivity index (χ3v) is 3.34. The third kappa shape index (κ3) is 2.44. The van der Waals surface area contributed by atoms with Crippen LogP contribution < -0.4 is 15.8 Å². The normalized spacial score (nSPS) is 11.6. The molecule has 0 bridgehead atoms. The van der Waals surface area contributed by atoms with Crippen molar-refractivity contribution in [1.29, 1.82) is 0 Å². The smallest absolute Gasteiger partial charge is 0.245 e. The van der Waals surface area contributed by atoms with E-state index in [0.717, 1.165) is 10.2 Å². The van der Waals surface area contributed by atoms with Gasteiger partial charge in [0, 0.05) is 0 Å². The number of methoxy groups -OCH3 is 1. The van der Waals surface area contributed by atoms with Gasteiger partial charge < -0.3 is 15.8 Å². The lowest BCUT2D eigenvalue weighted by Crippen LogP contribution is -2.45. The van der Waals surface area contributed by atoms with Crippen LogP contribution in [0.1, 0.15) is 13.8 Å². The minimum absolute atomic E-state index is 0.263. The average Bonchev–Trinajstić information content (AvgIpc) is 2.69. The first kappa shape index (κ1) is 12.8. The van der Waals surface area contributed by atoms with Crippen LogP contribution in [0.3, 0.4) is 0 Å². The molecule has 1 aromatic carbocycles. The van der Waals surface area contributed by atoms with Crippen molar-refractivity contribution in [2.75, 3.05) is 12.4 Å². The Balaban J connectivity index is 2.34. The van der Waals surface area contributed by atoms with Crippen LogP contribution in [-0.4, -0.2) is 23.5 Å². The zero-order valence-corrected chi connectivity index (χ0v) is 11.3. The number of carbonyl (C=O) groups is 1. The Morgan fingerprint density at radius 3 is 2.83 bits per heavy atom. The van der Waals surface area contributed by atoms with Gasteiger partial charge in [0.05, 0.1) is 17.3 Å². The first-order chi connectivity index (χ1) is 8.41. The van der Waals surface area contributed by atoms with Gasteiger partial charge in [0.1, 0.15) is 11.3 Å². The van der Waals surface area contributed by atoms with Gasteiger partial charge in [0.25, 0.3) is 0 Å². The highest BCUT2D eigenvalue weighted by Gasteiger charge is 2.23. The molecular weight excluding hydrogens is 250 g/mol. The van der Waals surface area contributed by atoms with Gasteiger partial charge >= 0.3 is 0 Å². The fourth-order valence-corrected chi connectivity index (χ4v) is 2.28. The summed E-state index contributed by atoms with van der Waals surface area (Å²) in [5.41, 5.74) is 5.53. The predicted octanol–water partition coefficient (Wildman–Crippen LogP) is 1.98. The molecule has 0 fully saturated rings. The molecule has 0 aliphatic carbocycles. The number of anilines is 1. The van der Waals surface area contributed by atoms with Crippen LogP contribution in [0.15, 0.2) is 18.2 Å². The van der Waals surface area contributed by atoms with Crippen molar-refractivity contribution in [3.63, 3.8) is 0 Å². The second kappa shape index (κ2) is 4.55. The first-order valence-corrected chi connectivity index (χ1v) is 6.27. The molecule has 18 heavy (non-hydrogen) atoms. The average molecular weight is 265 g/mol. The summed E-state index contributed by atoms with van der Waals surface area (Å²) in [6.45, 7) is 3.30. The zero-order chi connectivity index (χ0) is 13.3. The van der Waals surface area contributed by atoms with Crippen LogP contribution in [0.5, 0.6) is 5.75 Å². The minimum Gasteiger partial charge on any atom is -0.494 e. The van der Waals surface area contributed by atoms with Gasteiger partial charge in [0.15, 0.2) is 5.13 Å². The number of hydrogen-bond donors (Lipinski definition) is 2. The van der Waals surface area contributed by atoms with Crippen molar-refractivity contribution in [3.05, 3.63) is 18.2 Å². The maximum absolute atomic E-state index is 11.8. The number of nitrogens with one attached hydrogen (secondary N) is 1. The summed E-state index contributed by atoms with van der Waals surface area (Å²) in [6.07, 6.45) is 0. The Morgan fingerprint density at radius 1 is 1.50 bits per heavy atom. The largest absolute Gasteiger partial charge is 0.494 e. The highest BCUT2D eigenvalue weighted by Crippen LogP contribution is 2.32. The summed E-state index contributed by atoms with van der Waals surface area (Å²) in [6, 6.07) is 5.65. The Hall–Kier alpha value is -1.66. The van der Waals surface area contributed by atoms with Gasteiger partial charge in [-0.2, -0.15) is 0 Å². The molecule has 3 N–H and O–H groups in total. The number of aromatic nitrogens is 1. The van der Waals surface area contributed by atoms with Crippen LogP contribution in [0.25, 0.3) is 10.2 Å². The van der Waals surface area contributed by atoms with Gasteiger partial charge in [-0.25, -0.2) is 4.98 Å². The van der Waals surface area contributed by atoms with Gasteiger partial charge in [-0.05, 0) is 26.0 Å². The molecule has 0 atom stereocenters. The Kier molecular flexibility index (Phi) is 3.23. The molecule has 0 saturated carbocycles. The molecule has 5 nitrogen and oxygen atoms in total. The van der Waals surface area contributed by atoms with Gasteiger partial charge in [-0.15, -0.1) is 0 Å². The second-order valence-corrected chi connectivity index (χ2v) is 5.53. The molecule has 1 heterocycles. The number of thiazole rings is 1. The molecule has 1 amide bonds. The molecule has 96 valence electrons. The van der Waals surface area contributed by atoms with Crippen molar-refractivity contribution in [3.8, 4) is 5.75 Å². The number of amides is 1. The van der Waals surface area contributed by atoms with Crippen LogP contribution in [0, 0.1) is 0 Å². The van der Waals surface area contributed by atoms with E-state index in [1.807, 2.05) is 18.2 Å². The standard InChI is InChI=1S/C12H15N3O2S/c1-12(2,13)10(16)15-11-14-9-7(17-3)5-4-6-8(9)18-11/h4-6H,13H2,1-3H3,(H,14,15,16). The maximum Gasteiger partial charge on any atom is 0.245 e. The van der Waals surface area contributed by atoms with Crippen LogP contribution in [0.2, 0.25) is 0 Å². The van der Waals surface area contributed by atoms with E-state index in [2.05, 4.69) is 10.3 Å². The molecule has 0 spiro atoms. The van der Waals surface area contributed by atoms with E-state index in [9.17, 15) is 4.79 Å². The third-order valence-electron chi connectivity index (χ3n) is 2.41. The fourth-order valence-electron chi connectivity index (χ4n) is 1.40. The number of carbonyl (C=O) groups excluding carboxylic acids is 1. The fraction of sp³-hybridized carbons (Fsp3) is 0.333. The molecule has 0 aliphatic rings. The zero-order valence-electron chi connectivity index (χ0n) is 10.5. The summed E-state index contributed by atoms with van der Waals surface area (Å²) >= 11 is 1.39. The summed E-state index contributed by atoms with van der Waals surface area (Å²) in [4.78, 5) is 16.1. The summed E-state index contributed by atoms with van der Waals surface area (Å²) in [5.74, 6) is 0.428. The number of fused-ring (bicyclic) bond motifs is 1. The van der Waals surface area contributed by atoms with Crippen LogP contribution >= 0.6 is 11.3 Å². The van der Waals surface area contributed by atoms with Crippen LogP contribution in [-0.2, 0) is 4.79 Å². The lowest BCUT2D eigenvalue weighted by molar-refractivity contribution is -0.120. The highest BCUT2D eigenvalue weighted by atomic mass is 32.1. The van der Waals surface area contributed by atoms with E-state index in [1.165, 1.54) is 11.3 Å². The summed E-state index contributed by atoms with van der Waals surface area (Å²) in [7, 11) is 1.59. The Bertz CT molecular complexity index is 587. The lowest BCUT2D eigenvalue weighted by Gasteiger charge is -2.16. The van der Waals surface area contributed by atoms with Gasteiger partial charge in [-0.3, -0.25) is 4.79 Å². The number of hydrogen-bond acceptors (Lipinski definition) is 5. The first-order valence-electron chi connectivity index (χ1n) is 5.45. The monoisotopic (exact) mass is 265 g/mol. The van der Waals surface area contributed by atoms with E-state index < -0.39 is 5.54 Å². The molecule has 0 saturated heterocycles. The topological polar surface area (TPSA) is 77.2 Å². The summed E-state index contributed by atoms with van der Waals surface area (Å²) < 4.78 is 6.18. The number of ether oxygens (including phenoxy) is 1. The Labute approximate surface area is 109 Å². The second-order valence-electron chi connectivity index (χ2n) is 4.50. The van der Waals surface area contributed by atoms with E-state index in [1.54, 1.807) is 21.0 Å². The van der Waals surface area contributed by atoms with Crippen molar-refractivity contribution >= 4 is 32.6 Å². The number of benzene rings is 1. The van der Waals surface area contributed by atoms with E-state index in [4.69, 9.17) is 10.5 Å². The number of para-hydroxylation sites is 1. The predicted molar refractivity (Wildman–Crippen MR) is 73.1 cm³/mol. The van der Waals surface area contributed by atoms with E-state index in [0.29, 0.717) is 10.9 Å². The molecule has 0 radical (unpaired) electrons. The molecule has 1 aromatic heterocycles. The molecule has 0 unspecified atom stereocenters.